The second kappa shape index (κ2) is 6.84. The fraction of sp³-hybridized carbons (Fsp3) is 0.556. The predicted octanol–water partition coefficient (Wildman–Crippen LogP) is 2.84. The minimum atomic E-state index is -0.557. The van der Waals surface area contributed by atoms with Crippen LogP contribution in [0.5, 0.6) is 0 Å². The third kappa shape index (κ3) is 4.80. The number of nitrogens with one attached hydrogen (secondary N) is 2. The van der Waals surface area contributed by atoms with Crippen LogP contribution >= 0.6 is 15.9 Å². The highest BCUT2D eigenvalue weighted by Crippen LogP contribution is 2.28. The van der Waals surface area contributed by atoms with Crippen LogP contribution in [0.2, 0.25) is 0 Å². The van der Waals surface area contributed by atoms with Gasteiger partial charge in [-0.15, -0.1) is 0 Å². The van der Waals surface area contributed by atoms with Gasteiger partial charge in [-0.3, -0.25) is 9.59 Å². The summed E-state index contributed by atoms with van der Waals surface area (Å²) < 4.78 is 0.927. The molecular weight excluding hydrogens is 370 g/mol. The van der Waals surface area contributed by atoms with E-state index in [0.717, 1.165) is 17.3 Å². The maximum Gasteiger partial charge on any atom is 0.316 e. The Morgan fingerprint density at radius 2 is 1.62 bits per heavy atom. The summed E-state index contributed by atoms with van der Waals surface area (Å²) >= 11 is 3.36. The fourth-order valence-corrected chi connectivity index (χ4v) is 3.87. The maximum absolute atomic E-state index is 12.4. The van der Waals surface area contributed by atoms with Crippen LogP contribution in [0.4, 0.5) is 5.69 Å². The van der Waals surface area contributed by atoms with E-state index in [4.69, 9.17) is 0 Å². The smallest absolute Gasteiger partial charge is 0.316 e. The summed E-state index contributed by atoms with van der Waals surface area (Å²) in [5.74, 6) is -1.11. The topological polar surface area (TPSA) is 61.4 Å². The Balaban J connectivity index is 2.03. The van der Waals surface area contributed by atoms with Crippen molar-refractivity contribution in [2.75, 3.05) is 11.9 Å². The lowest BCUT2D eigenvalue weighted by Gasteiger charge is -2.46. The van der Waals surface area contributed by atoms with E-state index >= 15 is 0 Å². The quantitative estimate of drug-likeness (QED) is 0.756. The highest BCUT2D eigenvalue weighted by atomic mass is 79.9. The monoisotopic (exact) mass is 395 g/mol. The van der Waals surface area contributed by atoms with Crippen molar-refractivity contribution in [3.8, 4) is 0 Å². The molecule has 1 aliphatic rings. The molecule has 0 spiro atoms. The molecule has 0 saturated carbocycles. The van der Waals surface area contributed by atoms with Crippen molar-refractivity contribution in [3.63, 3.8) is 0 Å². The second-order valence-corrected chi connectivity index (χ2v) is 8.73. The van der Waals surface area contributed by atoms with Crippen molar-refractivity contribution in [2.45, 2.75) is 57.7 Å². The van der Waals surface area contributed by atoms with Gasteiger partial charge in [-0.05, 0) is 64.8 Å². The molecule has 0 atom stereocenters. The summed E-state index contributed by atoms with van der Waals surface area (Å²) in [5, 5.41) is 6.48. The molecule has 1 aromatic carbocycles. The van der Waals surface area contributed by atoms with Crippen LogP contribution in [-0.4, -0.2) is 36.0 Å². The lowest BCUT2D eigenvalue weighted by atomic mass is 9.79. The highest BCUT2D eigenvalue weighted by molar-refractivity contribution is 9.10. The standard InChI is InChI=1S/C18H26BrN3O2/c1-17(2)10-13(11-18(3,4)21-17)20-15(23)16(24)22(5)14-8-6-12(19)7-9-14/h6-9,13,21H,10-11H2,1-5H3,(H,20,23). The van der Waals surface area contributed by atoms with Gasteiger partial charge in [0.1, 0.15) is 0 Å². The van der Waals surface area contributed by atoms with E-state index in [1.54, 1.807) is 19.2 Å². The van der Waals surface area contributed by atoms with E-state index in [2.05, 4.69) is 54.3 Å². The Morgan fingerprint density at radius 3 is 2.12 bits per heavy atom. The average Bonchev–Trinajstić information content (AvgIpc) is 2.43. The number of hydrogen-bond donors (Lipinski definition) is 2. The third-order valence-corrected chi connectivity index (χ3v) is 4.77. The van der Waals surface area contributed by atoms with Gasteiger partial charge in [0.05, 0.1) is 0 Å². The molecule has 0 aliphatic carbocycles. The molecule has 0 aromatic heterocycles. The molecule has 2 N–H and O–H groups in total. The highest BCUT2D eigenvalue weighted by Gasteiger charge is 2.39. The van der Waals surface area contributed by atoms with Crippen molar-refractivity contribution in [3.05, 3.63) is 28.7 Å². The number of carbonyl (C=O) groups is 2. The Bertz CT molecular complexity index is 610. The first-order chi connectivity index (χ1) is 11.0. The molecule has 0 bridgehead atoms. The minimum Gasteiger partial charge on any atom is -0.345 e. The predicted molar refractivity (Wildman–Crippen MR) is 100 cm³/mol. The van der Waals surface area contributed by atoms with Gasteiger partial charge in [0.25, 0.3) is 0 Å². The Hall–Kier alpha value is -1.40. The van der Waals surface area contributed by atoms with Crippen LogP contribution in [0.25, 0.3) is 0 Å². The number of anilines is 1. The number of amides is 2. The Labute approximate surface area is 152 Å². The van der Waals surface area contributed by atoms with Gasteiger partial charge in [-0.2, -0.15) is 0 Å². The zero-order chi connectivity index (χ0) is 18.1. The lowest BCUT2D eigenvalue weighted by Crippen LogP contribution is -2.62. The Morgan fingerprint density at radius 1 is 1.12 bits per heavy atom. The zero-order valence-electron chi connectivity index (χ0n) is 14.9. The van der Waals surface area contributed by atoms with Gasteiger partial charge in [0.15, 0.2) is 0 Å². The molecule has 1 aliphatic heterocycles. The largest absolute Gasteiger partial charge is 0.345 e. The molecule has 1 saturated heterocycles. The third-order valence-electron chi connectivity index (χ3n) is 4.24. The molecule has 1 heterocycles. The first-order valence-electron chi connectivity index (χ1n) is 8.13. The summed E-state index contributed by atoms with van der Waals surface area (Å²) in [6, 6.07) is 7.26. The molecule has 132 valence electrons. The fourth-order valence-electron chi connectivity index (χ4n) is 3.61. The van der Waals surface area contributed by atoms with Crippen LogP contribution in [0, 0.1) is 0 Å². The van der Waals surface area contributed by atoms with Crippen molar-refractivity contribution >= 4 is 33.4 Å². The summed E-state index contributed by atoms with van der Waals surface area (Å²) in [6.07, 6.45) is 1.58. The molecule has 1 fully saturated rings. The van der Waals surface area contributed by atoms with E-state index in [9.17, 15) is 9.59 Å². The van der Waals surface area contributed by atoms with Crippen LogP contribution in [0.3, 0.4) is 0 Å². The molecule has 0 radical (unpaired) electrons. The summed E-state index contributed by atoms with van der Waals surface area (Å²) in [4.78, 5) is 26.2. The number of benzene rings is 1. The summed E-state index contributed by atoms with van der Waals surface area (Å²) in [7, 11) is 1.61. The lowest BCUT2D eigenvalue weighted by molar-refractivity contribution is -0.138. The summed E-state index contributed by atoms with van der Waals surface area (Å²) in [6.45, 7) is 8.46. The van der Waals surface area contributed by atoms with Crippen molar-refractivity contribution in [1.29, 1.82) is 0 Å². The SMILES string of the molecule is CN(C(=O)C(=O)NC1CC(C)(C)NC(C)(C)C1)c1ccc(Br)cc1. The van der Waals surface area contributed by atoms with Crippen molar-refractivity contribution in [1.82, 2.24) is 10.6 Å². The van der Waals surface area contributed by atoms with Crippen LogP contribution in [0.15, 0.2) is 28.7 Å². The molecule has 1 aromatic rings. The van der Waals surface area contributed by atoms with Gasteiger partial charge in [0.2, 0.25) is 0 Å². The number of likely N-dealkylation sites (N-methyl/N-ethyl adjacent to an activating group) is 1. The number of hydrogen-bond acceptors (Lipinski definition) is 3. The molecule has 5 nitrogen and oxygen atoms in total. The molecule has 6 heteroatoms. The minimum absolute atomic E-state index is 0.0222. The molecular formula is C18H26BrN3O2. The van der Waals surface area contributed by atoms with E-state index in [1.165, 1.54) is 4.90 Å². The molecule has 24 heavy (non-hydrogen) atoms. The van der Waals surface area contributed by atoms with E-state index in [0.29, 0.717) is 5.69 Å². The molecule has 0 unspecified atom stereocenters. The van der Waals surface area contributed by atoms with Crippen LogP contribution < -0.4 is 15.5 Å². The molecule has 2 amide bonds. The zero-order valence-corrected chi connectivity index (χ0v) is 16.5. The Kier molecular flexibility index (Phi) is 5.40. The first kappa shape index (κ1) is 18.9. The molecule has 2 rings (SSSR count). The van der Waals surface area contributed by atoms with Crippen LogP contribution in [-0.2, 0) is 9.59 Å². The number of piperidine rings is 1. The van der Waals surface area contributed by atoms with Gasteiger partial charge >= 0.3 is 11.8 Å². The van der Waals surface area contributed by atoms with Gasteiger partial charge in [0, 0.05) is 34.3 Å². The van der Waals surface area contributed by atoms with Gasteiger partial charge < -0.3 is 15.5 Å². The normalized spacial score (nSPS) is 19.6. The first-order valence-corrected chi connectivity index (χ1v) is 8.92. The number of halogens is 1. The average molecular weight is 396 g/mol. The van der Waals surface area contributed by atoms with E-state index in [1.807, 2.05) is 12.1 Å². The second-order valence-electron chi connectivity index (χ2n) is 7.81. The van der Waals surface area contributed by atoms with Crippen molar-refractivity contribution in [2.24, 2.45) is 0 Å². The maximum atomic E-state index is 12.4. The van der Waals surface area contributed by atoms with Gasteiger partial charge in [-0.25, -0.2) is 0 Å². The summed E-state index contributed by atoms with van der Waals surface area (Å²) in [5.41, 5.74) is 0.519. The number of nitrogens with zero attached hydrogens (tertiary/aromatic N) is 1. The van der Waals surface area contributed by atoms with Gasteiger partial charge in [-0.1, -0.05) is 15.9 Å². The van der Waals surface area contributed by atoms with Crippen molar-refractivity contribution < 1.29 is 9.59 Å². The number of carbonyl (C=O) groups excluding carboxylic acids is 2. The van der Waals surface area contributed by atoms with E-state index in [-0.39, 0.29) is 17.1 Å². The number of rotatable bonds is 2. The van der Waals surface area contributed by atoms with Crippen LogP contribution in [0.1, 0.15) is 40.5 Å². The van der Waals surface area contributed by atoms with E-state index < -0.39 is 11.8 Å².